The van der Waals surface area contributed by atoms with Gasteiger partial charge in [-0.1, -0.05) is 13.3 Å². The van der Waals surface area contributed by atoms with Crippen LogP contribution in [0, 0.1) is 23.2 Å². The second kappa shape index (κ2) is 3.85. The van der Waals surface area contributed by atoms with Crippen molar-refractivity contribution in [3.8, 4) is 0 Å². The summed E-state index contributed by atoms with van der Waals surface area (Å²) < 4.78 is 0.663. The molecule has 0 amide bonds. The highest BCUT2D eigenvalue weighted by Crippen LogP contribution is 2.75. The molecule has 17 heavy (non-hydrogen) atoms. The van der Waals surface area contributed by atoms with Crippen molar-refractivity contribution in [1.29, 1.82) is 0 Å². The number of fused-ring (bicyclic) bond motifs is 1. The van der Waals surface area contributed by atoms with E-state index in [1.165, 1.54) is 24.3 Å². The molecule has 2 heteroatoms. The maximum absolute atomic E-state index is 2.54. The van der Waals surface area contributed by atoms with Crippen molar-refractivity contribution in [2.45, 2.75) is 55.9 Å². The summed E-state index contributed by atoms with van der Waals surface area (Å²) in [5, 5.41) is 0. The number of hydrogen-bond donors (Lipinski definition) is 0. The van der Waals surface area contributed by atoms with E-state index in [1.807, 2.05) is 0 Å². The van der Waals surface area contributed by atoms with E-state index in [0.29, 0.717) is 4.08 Å². The molecule has 1 heterocycles. The molecular weight excluding hydrogens is 244 g/mol. The lowest BCUT2D eigenvalue weighted by atomic mass is 9.47. The summed E-state index contributed by atoms with van der Waals surface area (Å²) in [5.74, 6) is 6.10. The van der Waals surface area contributed by atoms with Gasteiger partial charge in [-0.15, -0.1) is 23.5 Å². The van der Waals surface area contributed by atoms with Gasteiger partial charge < -0.3 is 0 Å². The van der Waals surface area contributed by atoms with E-state index >= 15 is 0 Å². The van der Waals surface area contributed by atoms with Crippen molar-refractivity contribution < 1.29 is 0 Å². The molecule has 0 aromatic heterocycles. The minimum atomic E-state index is 0.663. The first-order chi connectivity index (χ1) is 8.25. The molecule has 1 saturated heterocycles. The van der Waals surface area contributed by atoms with Crippen LogP contribution >= 0.6 is 23.5 Å². The van der Waals surface area contributed by atoms with Crippen LogP contribution in [0.3, 0.4) is 0 Å². The zero-order chi connectivity index (χ0) is 11.5. The fraction of sp³-hybridized carbons (Fsp3) is 1.00. The van der Waals surface area contributed by atoms with Gasteiger partial charge in [0, 0.05) is 0 Å². The molecule has 4 fully saturated rings. The average Bonchev–Trinajstić information content (AvgIpc) is 2.57. The minimum absolute atomic E-state index is 0.663. The van der Waals surface area contributed by atoms with Crippen LogP contribution in [0.25, 0.3) is 0 Å². The molecule has 2 spiro atoms. The first-order valence-electron chi connectivity index (χ1n) is 7.53. The van der Waals surface area contributed by atoms with Crippen LogP contribution in [0.1, 0.15) is 51.9 Å². The van der Waals surface area contributed by atoms with Crippen LogP contribution in [0.15, 0.2) is 0 Å². The van der Waals surface area contributed by atoms with Gasteiger partial charge in [0.25, 0.3) is 0 Å². The van der Waals surface area contributed by atoms with Gasteiger partial charge in [0.05, 0.1) is 4.08 Å². The lowest BCUT2D eigenvalue weighted by Gasteiger charge is -2.65. The van der Waals surface area contributed by atoms with Crippen molar-refractivity contribution in [3.63, 3.8) is 0 Å². The van der Waals surface area contributed by atoms with E-state index in [4.69, 9.17) is 0 Å². The highest BCUT2D eigenvalue weighted by atomic mass is 32.2. The predicted octanol–water partition coefficient (Wildman–Crippen LogP) is 4.79. The van der Waals surface area contributed by atoms with Gasteiger partial charge in [-0.3, -0.25) is 0 Å². The first-order valence-corrected chi connectivity index (χ1v) is 9.50. The van der Waals surface area contributed by atoms with Crippen molar-refractivity contribution in [2.75, 3.05) is 11.5 Å². The lowest BCUT2D eigenvalue weighted by Crippen LogP contribution is -2.59. The molecule has 4 rings (SSSR count). The smallest absolute Gasteiger partial charge is 0.0647 e. The number of hydrogen-bond acceptors (Lipinski definition) is 2. The molecule has 1 aliphatic heterocycles. The van der Waals surface area contributed by atoms with Gasteiger partial charge >= 0.3 is 0 Å². The van der Waals surface area contributed by atoms with E-state index in [2.05, 4.69) is 30.4 Å². The largest absolute Gasteiger partial charge is 0.144 e. The zero-order valence-corrected chi connectivity index (χ0v) is 12.5. The number of rotatable bonds is 0. The summed E-state index contributed by atoms with van der Waals surface area (Å²) in [4.78, 5) is 0. The molecule has 0 N–H and O–H groups in total. The Kier molecular flexibility index (Phi) is 2.61. The quantitative estimate of drug-likeness (QED) is 0.619. The molecule has 96 valence electrons. The van der Waals surface area contributed by atoms with Crippen LogP contribution < -0.4 is 0 Å². The predicted molar refractivity (Wildman–Crippen MR) is 78.5 cm³/mol. The fourth-order valence-electron chi connectivity index (χ4n) is 5.63. The molecule has 3 saturated carbocycles. The van der Waals surface area contributed by atoms with E-state index in [0.717, 1.165) is 23.2 Å². The number of thioether (sulfide) groups is 2. The molecule has 1 unspecified atom stereocenters. The molecule has 0 nitrogen and oxygen atoms in total. The second-order valence-corrected chi connectivity index (χ2v) is 10.1. The Labute approximate surface area is 114 Å². The van der Waals surface area contributed by atoms with Crippen molar-refractivity contribution in [3.05, 3.63) is 0 Å². The van der Waals surface area contributed by atoms with E-state index in [-0.39, 0.29) is 0 Å². The summed E-state index contributed by atoms with van der Waals surface area (Å²) in [6.07, 6.45) is 10.8. The Morgan fingerprint density at radius 2 is 1.88 bits per heavy atom. The molecule has 3 aliphatic carbocycles. The summed E-state index contributed by atoms with van der Waals surface area (Å²) in [7, 11) is 0. The molecular formula is C15H24S2. The fourth-order valence-corrected chi connectivity index (χ4v) is 9.78. The second-order valence-electron chi connectivity index (χ2n) is 6.99. The van der Waals surface area contributed by atoms with Crippen molar-refractivity contribution in [1.82, 2.24) is 0 Å². The Hall–Kier alpha value is 0.700. The lowest BCUT2D eigenvalue weighted by molar-refractivity contribution is -0.0817. The minimum Gasteiger partial charge on any atom is -0.144 e. The van der Waals surface area contributed by atoms with Gasteiger partial charge in [0.1, 0.15) is 0 Å². The zero-order valence-electron chi connectivity index (χ0n) is 10.9. The van der Waals surface area contributed by atoms with Gasteiger partial charge in [-0.2, -0.15) is 0 Å². The van der Waals surface area contributed by atoms with E-state index in [1.54, 1.807) is 32.1 Å². The molecule has 4 atom stereocenters. The summed E-state index contributed by atoms with van der Waals surface area (Å²) in [6.45, 7) is 2.54. The maximum Gasteiger partial charge on any atom is 0.0647 e. The van der Waals surface area contributed by atoms with Gasteiger partial charge in [-0.25, -0.2) is 0 Å². The third-order valence-corrected chi connectivity index (χ3v) is 9.67. The standard InChI is InChI=1S/C15H24S2/c1-11-9-14-5-2-4-12(14)8-13(14)15(10-11)16-6-3-7-17-15/h11-13H,2-10H2,1H3/t11?,12-,13-,14+/m1/s1. The third-order valence-electron chi connectivity index (χ3n) is 6.10. The van der Waals surface area contributed by atoms with Gasteiger partial charge in [0.15, 0.2) is 0 Å². The van der Waals surface area contributed by atoms with Crippen molar-refractivity contribution >= 4 is 23.5 Å². The topological polar surface area (TPSA) is 0 Å². The van der Waals surface area contributed by atoms with E-state index in [9.17, 15) is 0 Å². The van der Waals surface area contributed by atoms with Gasteiger partial charge in [0.2, 0.25) is 0 Å². The van der Waals surface area contributed by atoms with Crippen LogP contribution in [-0.2, 0) is 0 Å². The van der Waals surface area contributed by atoms with Crippen molar-refractivity contribution in [2.24, 2.45) is 23.2 Å². The summed E-state index contributed by atoms with van der Waals surface area (Å²) in [6, 6.07) is 0. The molecule has 0 bridgehead atoms. The van der Waals surface area contributed by atoms with Crippen LogP contribution in [0.5, 0.6) is 0 Å². The van der Waals surface area contributed by atoms with Crippen LogP contribution in [0.4, 0.5) is 0 Å². The SMILES string of the molecule is CC1CC2(SCCCS2)[C@@H]2C[C@H]3CCC[C@]32C1. The van der Waals surface area contributed by atoms with Crippen LogP contribution in [-0.4, -0.2) is 15.6 Å². The van der Waals surface area contributed by atoms with E-state index < -0.39 is 0 Å². The molecule has 0 aromatic rings. The Balaban J connectivity index is 1.68. The summed E-state index contributed by atoms with van der Waals surface area (Å²) >= 11 is 4.72. The highest BCUT2D eigenvalue weighted by molar-refractivity contribution is 8.18. The normalized spacial score (nSPS) is 51.7. The molecule has 0 radical (unpaired) electrons. The first kappa shape index (κ1) is 11.5. The Morgan fingerprint density at radius 1 is 1.06 bits per heavy atom. The third kappa shape index (κ3) is 1.46. The monoisotopic (exact) mass is 268 g/mol. The molecule has 4 aliphatic rings. The highest BCUT2D eigenvalue weighted by Gasteiger charge is 2.66. The summed E-state index contributed by atoms with van der Waals surface area (Å²) in [5.41, 5.74) is 0.828. The molecule has 0 aromatic carbocycles. The average molecular weight is 268 g/mol. The Bertz CT molecular complexity index is 321. The maximum atomic E-state index is 2.54. The Morgan fingerprint density at radius 3 is 2.65 bits per heavy atom. The van der Waals surface area contributed by atoms with Gasteiger partial charge in [-0.05, 0) is 73.2 Å². The van der Waals surface area contributed by atoms with Crippen LogP contribution in [0.2, 0.25) is 0 Å².